The number of nitrogen functional groups attached to an aromatic ring is 1. The van der Waals surface area contributed by atoms with Crippen LogP contribution in [0.15, 0.2) is 35.4 Å². The number of hydrogen-bond acceptors (Lipinski definition) is 4. The van der Waals surface area contributed by atoms with Gasteiger partial charge in [-0.05, 0) is 19.1 Å². The molecule has 0 radical (unpaired) electrons. The Kier molecular flexibility index (Phi) is 9.21. The molecule has 1 unspecified atom stereocenters. The molecule has 21 heavy (non-hydrogen) atoms. The highest BCUT2D eigenvalue weighted by Crippen LogP contribution is 2.19. The van der Waals surface area contributed by atoms with Gasteiger partial charge in [0.15, 0.2) is 0 Å². The number of benzene rings is 1. The topological polar surface area (TPSA) is 68.9 Å². The summed E-state index contributed by atoms with van der Waals surface area (Å²) in [6, 6.07) is 7.43. The van der Waals surface area contributed by atoms with E-state index >= 15 is 0 Å². The van der Waals surface area contributed by atoms with E-state index in [9.17, 15) is 4.21 Å². The summed E-state index contributed by atoms with van der Waals surface area (Å²) in [5.41, 5.74) is 8.04. The maximum absolute atomic E-state index is 11.3. The van der Waals surface area contributed by atoms with Gasteiger partial charge in [-0.2, -0.15) is 0 Å². The van der Waals surface area contributed by atoms with E-state index in [1.165, 1.54) is 0 Å². The Labute approximate surface area is 130 Å². The van der Waals surface area contributed by atoms with Crippen molar-refractivity contribution in [2.45, 2.75) is 39.5 Å². The Morgan fingerprint density at radius 2 is 1.57 bits per heavy atom. The summed E-state index contributed by atoms with van der Waals surface area (Å²) in [4.78, 5) is 9.22. The van der Waals surface area contributed by atoms with Crippen LogP contribution in [0.25, 0.3) is 11.3 Å². The molecule has 0 spiro atoms. The molecule has 2 aromatic rings. The van der Waals surface area contributed by atoms with Crippen LogP contribution in [0.1, 0.15) is 33.4 Å². The highest BCUT2D eigenvalue weighted by atomic mass is 32.2. The number of aromatic nitrogens is 2. The van der Waals surface area contributed by atoms with E-state index in [0.29, 0.717) is 11.5 Å². The second-order valence-corrected chi connectivity index (χ2v) is 5.08. The average molecular weight is 307 g/mol. The van der Waals surface area contributed by atoms with Crippen molar-refractivity contribution in [3.63, 3.8) is 0 Å². The van der Waals surface area contributed by atoms with Crippen molar-refractivity contribution in [3.8, 4) is 11.3 Å². The lowest BCUT2D eigenvalue weighted by Crippen LogP contribution is -1.98. The quantitative estimate of drug-likeness (QED) is 0.915. The molecule has 0 saturated heterocycles. The SMILES string of the molecule is CC.CC.Cc1nc(-c2ccc(S(C)=O)cc2)cnc1N. The van der Waals surface area contributed by atoms with Crippen molar-refractivity contribution < 1.29 is 4.21 Å². The first kappa shape index (κ1) is 19.2. The zero-order valence-corrected chi connectivity index (χ0v) is 14.5. The molecule has 0 aliphatic heterocycles. The van der Waals surface area contributed by atoms with Gasteiger partial charge in [0.25, 0.3) is 0 Å². The summed E-state index contributed by atoms with van der Waals surface area (Å²) < 4.78 is 11.3. The van der Waals surface area contributed by atoms with Crippen LogP contribution in [-0.2, 0) is 10.8 Å². The Hall–Kier alpha value is -1.75. The molecule has 0 aliphatic carbocycles. The summed E-state index contributed by atoms with van der Waals surface area (Å²) in [5.74, 6) is 0.444. The van der Waals surface area contributed by atoms with Crippen LogP contribution in [0.4, 0.5) is 5.82 Å². The zero-order valence-electron chi connectivity index (χ0n) is 13.7. The third kappa shape index (κ3) is 5.63. The fourth-order valence-electron chi connectivity index (χ4n) is 1.45. The maximum atomic E-state index is 11.3. The first-order valence-electron chi connectivity index (χ1n) is 7.11. The molecule has 0 bridgehead atoms. The Bertz CT molecular complexity index is 568. The first-order chi connectivity index (χ1) is 10.1. The van der Waals surface area contributed by atoms with Crippen LogP contribution in [0.5, 0.6) is 0 Å². The lowest BCUT2D eigenvalue weighted by molar-refractivity contribution is 0.687. The molecule has 5 heteroatoms. The van der Waals surface area contributed by atoms with E-state index < -0.39 is 10.8 Å². The molecule has 2 rings (SSSR count). The predicted molar refractivity (Wildman–Crippen MR) is 91.6 cm³/mol. The molecule has 116 valence electrons. The lowest BCUT2D eigenvalue weighted by Gasteiger charge is -2.04. The van der Waals surface area contributed by atoms with E-state index in [-0.39, 0.29) is 0 Å². The second kappa shape index (κ2) is 10.0. The largest absolute Gasteiger partial charge is 0.382 e. The standard InChI is InChI=1S/C12H13N3OS.2C2H6/c1-8-12(13)14-7-11(15-8)9-3-5-10(6-4-9)17(2)16;2*1-2/h3-7H,1-2H3,(H2,13,14);2*1-2H3. The third-order valence-corrected chi connectivity index (χ3v) is 3.40. The van der Waals surface area contributed by atoms with Crippen molar-refractivity contribution >= 4 is 16.6 Å². The van der Waals surface area contributed by atoms with Crippen LogP contribution in [-0.4, -0.2) is 20.4 Å². The smallest absolute Gasteiger partial charge is 0.144 e. The molecule has 0 saturated carbocycles. The number of hydrogen-bond donors (Lipinski definition) is 1. The summed E-state index contributed by atoms with van der Waals surface area (Å²) in [5, 5.41) is 0. The number of aryl methyl sites for hydroxylation is 1. The molecule has 2 N–H and O–H groups in total. The van der Waals surface area contributed by atoms with Gasteiger partial charge < -0.3 is 5.73 Å². The van der Waals surface area contributed by atoms with Crippen LogP contribution in [0.3, 0.4) is 0 Å². The summed E-state index contributed by atoms with van der Waals surface area (Å²) in [6.07, 6.45) is 3.29. The third-order valence-electron chi connectivity index (χ3n) is 2.47. The minimum Gasteiger partial charge on any atom is -0.382 e. The summed E-state index contributed by atoms with van der Waals surface area (Å²) in [6.45, 7) is 9.82. The van der Waals surface area contributed by atoms with Crippen LogP contribution in [0.2, 0.25) is 0 Å². The summed E-state index contributed by atoms with van der Waals surface area (Å²) in [7, 11) is -0.958. The molecule has 1 aromatic carbocycles. The van der Waals surface area contributed by atoms with Crippen LogP contribution >= 0.6 is 0 Å². The maximum Gasteiger partial charge on any atom is 0.144 e. The molecule has 4 nitrogen and oxygen atoms in total. The van der Waals surface area contributed by atoms with Gasteiger partial charge in [-0.25, -0.2) is 9.97 Å². The minimum absolute atomic E-state index is 0.444. The molecule has 1 aromatic heterocycles. The molecule has 0 aliphatic rings. The van der Waals surface area contributed by atoms with Gasteiger partial charge >= 0.3 is 0 Å². The predicted octanol–water partition coefficient (Wildman–Crippen LogP) is 3.82. The van der Waals surface area contributed by atoms with E-state index in [1.54, 1.807) is 12.5 Å². The average Bonchev–Trinajstić information content (AvgIpc) is 2.54. The first-order valence-corrected chi connectivity index (χ1v) is 8.66. The highest BCUT2D eigenvalue weighted by Gasteiger charge is 2.04. The van der Waals surface area contributed by atoms with Crippen molar-refractivity contribution in [2.24, 2.45) is 0 Å². The fourth-order valence-corrected chi connectivity index (χ4v) is 1.97. The van der Waals surface area contributed by atoms with E-state index in [0.717, 1.165) is 16.2 Å². The van der Waals surface area contributed by atoms with Crippen LogP contribution < -0.4 is 5.73 Å². The molecule has 0 amide bonds. The minimum atomic E-state index is -0.958. The van der Waals surface area contributed by atoms with Crippen molar-refractivity contribution in [3.05, 3.63) is 36.2 Å². The molecule has 1 atom stereocenters. The normalized spacial score (nSPS) is 10.6. The Balaban J connectivity index is 0.000000921. The van der Waals surface area contributed by atoms with Gasteiger partial charge in [0.05, 0.1) is 17.6 Å². The molecule has 1 heterocycles. The Morgan fingerprint density at radius 1 is 1.05 bits per heavy atom. The van der Waals surface area contributed by atoms with E-state index in [1.807, 2.05) is 58.9 Å². The van der Waals surface area contributed by atoms with Gasteiger partial charge in [0, 0.05) is 27.5 Å². The number of anilines is 1. The number of nitrogens with two attached hydrogens (primary N) is 1. The lowest BCUT2D eigenvalue weighted by atomic mass is 10.1. The molecule has 0 fully saturated rings. The van der Waals surface area contributed by atoms with Crippen LogP contribution in [0, 0.1) is 6.92 Å². The van der Waals surface area contributed by atoms with Crippen molar-refractivity contribution in [2.75, 3.05) is 12.0 Å². The summed E-state index contributed by atoms with van der Waals surface area (Å²) >= 11 is 0. The monoisotopic (exact) mass is 307 g/mol. The second-order valence-electron chi connectivity index (χ2n) is 3.70. The molecular formula is C16H25N3OS. The molecular weight excluding hydrogens is 282 g/mol. The number of rotatable bonds is 2. The Morgan fingerprint density at radius 3 is 2.00 bits per heavy atom. The van der Waals surface area contributed by atoms with Gasteiger partial charge in [0.1, 0.15) is 5.82 Å². The van der Waals surface area contributed by atoms with Crippen molar-refractivity contribution in [1.82, 2.24) is 9.97 Å². The van der Waals surface area contributed by atoms with E-state index in [2.05, 4.69) is 9.97 Å². The zero-order chi connectivity index (χ0) is 16.4. The van der Waals surface area contributed by atoms with Gasteiger partial charge in [0.2, 0.25) is 0 Å². The van der Waals surface area contributed by atoms with E-state index in [4.69, 9.17) is 5.73 Å². The fraction of sp³-hybridized carbons (Fsp3) is 0.375. The van der Waals surface area contributed by atoms with Gasteiger partial charge in [-0.1, -0.05) is 39.8 Å². The highest BCUT2D eigenvalue weighted by molar-refractivity contribution is 7.84. The van der Waals surface area contributed by atoms with Crippen molar-refractivity contribution in [1.29, 1.82) is 0 Å². The van der Waals surface area contributed by atoms with Gasteiger partial charge in [-0.15, -0.1) is 0 Å². The number of nitrogens with zero attached hydrogens (tertiary/aromatic N) is 2. The van der Waals surface area contributed by atoms with Gasteiger partial charge in [-0.3, -0.25) is 4.21 Å².